The van der Waals surface area contributed by atoms with Gasteiger partial charge in [0.15, 0.2) is 0 Å². The molecule has 0 aromatic rings. The van der Waals surface area contributed by atoms with Gasteiger partial charge in [-0.15, -0.1) is 0 Å². The van der Waals surface area contributed by atoms with Gasteiger partial charge in [0.2, 0.25) is 0 Å². The van der Waals surface area contributed by atoms with Gasteiger partial charge in [0, 0.05) is 0 Å². The van der Waals surface area contributed by atoms with E-state index in [1.807, 2.05) is 0 Å². The van der Waals surface area contributed by atoms with Crippen LogP contribution in [0.4, 0.5) is 0 Å². The minimum Gasteiger partial charge on any atom is -0.894 e. The van der Waals surface area contributed by atoms with Crippen LogP contribution in [0.1, 0.15) is 0 Å². The summed E-state index contributed by atoms with van der Waals surface area (Å²) in [6.07, 6.45) is 0. The summed E-state index contributed by atoms with van der Waals surface area (Å²) in [4.78, 5) is 34.3. The van der Waals surface area contributed by atoms with Crippen molar-refractivity contribution in [3.05, 3.63) is 0 Å². The molecule has 0 aromatic carbocycles. The Balaban J connectivity index is -0.0000000800. The SMILES string of the molecule is [Eu+3].[O-][Si]([O-])([O-])[O-].[Zn+2]. The summed E-state index contributed by atoms with van der Waals surface area (Å²) in [5, 5.41) is 0. The van der Waals surface area contributed by atoms with Gasteiger partial charge < -0.3 is 28.2 Å². The van der Waals surface area contributed by atoms with Gasteiger partial charge in [-0.3, -0.25) is 0 Å². The number of hydrogen-bond donors (Lipinski definition) is 0. The maximum Gasteiger partial charge on any atom is 3.00 e. The van der Waals surface area contributed by atoms with E-state index in [9.17, 15) is 0 Å². The van der Waals surface area contributed by atoms with E-state index in [2.05, 4.69) is 0 Å². The van der Waals surface area contributed by atoms with Crippen LogP contribution in [0.2, 0.25) is 0 Å². The monoisotopic (exact) mass is 309 g/mol. The van der Waals surface area contributed by atoms with Crippen LogP contribution in [0.3, 0.4) is 0 Å². The zero-order chi connectivity index (χ0) is 4.50. The van der Waals surface area contributed by atoms with E-state index in [0.717, 1.165) is 0 Å². The van der Waals surface area contributed by atoms with Crippen LogP contribution in [-0.4, -0.2) is 9.05 Å². The molecule has 0 saturated carbocycles. The van der Waals surface area contributed by atoms with Crippen molar-refractivity contribution in [2.75, 3.05) is 0 Å². The molecule has 0 aliphatic heterocycles. The van der Waals surface area contributed by atoms with Crippen LogP contribution in [0.5, 0.6) is 0 Å². The van der Waals surface area contributed by atoms with Crippen molar-refractivity contribution in [3.63, 3.8) is 0 Å². The molecular formula is EuO4SiZn+. The molecule has 0 fully saturated rings. The van der Waals surface area contributed by atoms with Gasteiger partial charge in [-0.1, -0.05) is 0 Å². The van der Waals surface area contributed by atoms with Gasteiger partial charge in [-0.2, -0.15) is 0 Å². The Bertz CT molecular complexity index is 27.2. The molecule has 0 saturated heterocycles. The Morgan fingerprint density at radius 1 is 0.857 bits per heavy atom. The number of hydrogen-bond acceptors (Lipinski definition) is 4. The molecule has 0 heterocycles. The van der Waals surface area contributed by atoms with Crippen LogP contribution >= 0.6 is 0 Å². The van der Waals surface area contributed by atoms with Crippen molar-refractivity contribution in [1.82, 2.24) is 0 Å². The van der Waals surface area contributed by atoms with Crippen LogP contribution in [-0.2, 0) is 19.5 Å². The molecule has 7 heavy (non-hydrogen) atoms. The van der Waals surface area contributed by atoms with E-state index in [0.29, 0.717) is 0 Å². The number of rotatable bonds is 0. The molecule has 36 valence electrons. The van der Waals surface area contributed by atoms with Gasteiger partial charge in [-0.05, 0) is 0 Å². The van der Waals surface area contributed by atoms with Crippen molar-refractivity contribution in [2.45, 2.75) is 0 Å². The molecule has 0 atom stereocenters. The standard InChI is InChI=1S/Eu.O4Si.Zn/c;1-5(2,3)4;/q+3;-4;+2. The first-order valence-corrected chi connectivity index (χ1v) is 2.45. The molecule has 4 nitrogen and oxygen atoms in total. The summed E-state index contributed by atoms with van der Waals surface area (Å²) in [7, 11) is -5.61. The molecule has 0 amide bonds. The van der Waals surface area contributed by atoms with Gasteiger partial charge in [0.25, 0.3) is 0 Å². The van der Waals surface area contributed by atoms with Crippen LogP contribution in [0, 0.1) is 49.4 Å². The van der Waals surface area contributed by atoms with Gasteiger partial charge in [0.1, 0.15) is 0 Å². The molecule has 0 bridgehead atoms. The Kier molecular flexibility index (Phi) is 14.7. The quantitative estimate of drug-likeness (QED) is 0.418. The minimum absolute atomic E-state index is 0. The van der Waals surface area contributed by atoms with Gasteiger partial charge in [-0.25, -0.2) is 0 Å². The topological polar surface area (TPSA) is 92.2 Å². The zero-order valence-corrected chi connectivity index (χ0v) is 9.61. The first-order chi connectivity index (χ1) is 2.00. The first-order valence-electron chi connectivity index (χ1n) is 0.816. The summed E-state index contributed by atoms with van der Waals surface area (Å²) >= 11 is 0. The third-order valence-electron chi connectivity index (χ3n) is 0. The van der Waals surface area contributed by atoms with Crippen LogP contribution in [0.15, 0.2) is 0 Å². The third-order valence-corrected chi connectivity index (χ3v) is 0. The fraction of sp³-hybridized carbons (Fsp3) is 0. The second-order valence-corrected chi connectivity index (χ2v) is 1.50. The van der Waals surface area contributed by atoms with Crippen molar-refractivity contribution in [2.24, 2.45) is 0 Å². The predicted octanol–water partition coefficient (Wildman–Crippen LogP) is -5.14. The van der Waals surface area contributed by atoms with Gasteiger partial charge >= 0.3 is 68.9 Å². The van der Waals surface area contributed by atoms with Crippen molar-refractivity contribution in [1.29, 1.82) is 0 Å². The smallest absolute Gasteiger partial charge is 0.894 e. The maximum atomic E-state index is 8.58. The zero-order valence-electron chi connectivity index (χ0n) is 3.22. The third kappa shape index (κ3) is 63.2. The molecule has 7 heteroatoms. The fourth-order valence-electron chi connectivity index (χ4n) is 0. The average Bonchev–Trinajstić information content (AvgIpc) is 0.722. The molecule has 0 radical (unpaired) electrons. The van der Waals surface area contributed by atoms with E-state index in [1.165, 1.54) is 0 Å². The molecule has 0 N–H and O–H groups in total. The van der Waals surface area contributed by atoms with Crippen molar-refractivity contribution < 1.29 is 88.0 Å². The Hall–Kier alpha value is 2.26. The van der Waals surface area contributed by atoms with Crippen molar-refractivity contribution in [3.8, 4) is 0 Å². The molecule has 0 aliphatic carbocycles. The van der Waals surface area contributed by atoms with E-state index in [1.54, 1.807) is 0 Å². The molecule has 0 aromatic heterocycles. The second-order valence-electron chi connectivity index (χ2n) is 0.500. The van der Waals surface area contributed by atoms with Crippen LogP contribution in [0.25, 0.3) is 0 Å². The Morgan fingerprint density at radius 2 is 0.857 bits per heavy atom. The molecule has 0 unspecified atom stereocenters. The van der Waals surface area contributed by atoms with E-state index < -0.39 is 9.05 Å². The largest absolute Gasteiger partial charge is 3.00 e. The average molecular weight is 309 g/mol. The molecule has 0 rings (SSSR count). The fourth-order valence-corrected chi connectivity index (χ4v) is 0. The van der Waals surface area contributed by atoms with Crippen molar-refractivity contribution >= 4 is 9.05 Å². The van der Waals surface area contributed by atoms with E-state index >= 15 is 0 Å². The Labute approximate surface area is 95.3 Å². The molecule has 0 spiro atoms. The minimum atomic E-state index is -5.61. The van der Waals surface area contributed by atoms with Crippen LogP contribution < -0.4 is 19.2 Å². The van der Waals surface area contributed by atoms with Gasteiger partial charge in [0.05, 0.1) is 0 Å². The maximum absolute atomic E-state index is 8.58. The normalized spacial score (nSPS) is 8.57. The molecule has 0 aliphatic rings. The van der Waals surface area contributed by atoms with E-state index in [4.69, 9.17) is 19.2 Å². The first kappa shape index (κ1) is 16.1. The van der Waals surface area contributed by atoms with E-state index in [-0.39, 0.29) is 68.9 Å². The summed E-state index contributed by atoms with van der Waals surface area (Å²) in [6, 6.07) is 0. The Morgan fingerprint density at radius 3 is 0.857 bits per heavy atom. The summed E-state index contributed by atoms with van der Waals surface area (Å²) < 4.78 is 0. The molecular weight excluding hydrogens is 309 g/mol. The summed E-state index contributed by atoms with van der Waals surface area (Å²) in [5.74, 6) is 0. The predicted molar refractivity (Wildman–Crippen MR) is 5.75 cm³/mol. The summed E-state index contributed by atoms with van der Waals surface area (Å²) in [5.41, 5.74) is 0. The summed E-state index contributed by atoms with van der Waals surface area (Å²) in [6.45, 7) is 0. The second kappa shape index (κ2) is 6.39.